The van der Waals surface area contributed by atoms with Gasteiger partial charge >= 0.3 is 0 Å². The molecule has 0 fully saturated rings. The number of hydrogen-bond donors (Lipinski definition) is 0. The van der Waals surface area contributed by atoms with Crippen molar-refractivity contribution in [3.05, 3.63) is 112 Å². The van der Waals surface area contributed by atoms with Crippen LogP contribution in [0.15, 0.2) is 78.9 Å². The second-order valence-corrected chi connectivity index (χ2v) is 7.51. The maximum Gasteiger partial charge on any atom is 0.165 e. The lowest BCUT2D eigenvalue weighted by molar-refractivity contribution is 0.237. The van der Waals surface area contributed by atoms with Crippen molar-refractivity contribution >= 4 is 11.6 Å². The summed E-state index contributed by atoms with van der Waals surface area (Å²) >= 11 is 6.40. The highest BCUT2D eigenvalue weighted by Gasteiger charge is 2.15. The van der Waals surface area contributed by atoms with Gasteiger partial charge in [-0.25, -0.2) is 9.07 Å². The number of nitrogens with zero attached hydrogens (tertiary/aromatic N) is 5. The Kier molecular flexibility index (Phi) is 6.47. The van der Waals surface area contributed by atoms with Gasteiger partial charge in [-0.2, -0.15) is 0 Å². The zero-order valence-corrected chi connectivity index (χ0v) is 17.1. The third-order valence-electron chi connectivity index (χ3n) is 4.82. The minimum Gasteiger partial charge on any atom is -0.287 e. The Bertz CT molecular complexity index is 1080. The minimum atomic E-state index is -0.260. The summed E-state index contributed by atoms with van der Waals surface area (Å²) in [6.45, 7) is 2.43. The highest BCUT2D eigenvalue weighted by molar-refractivity contribution is 6.31. The molecule has 0 saturated heterocycles. The lowest BCUT2D eigenvalue weighted by Crippen LogP contribution is -2.25. The SMILES string of the molecule is Fc1ccc(Cn2nnnc2CN(Cc2ccccc2)Cc2ccccc2Cl)cc1. The highest BCUT2D eigenvalue weighted by Crippen LogP contribution is 2.20. The van der Waals surface area contributed by atoms with E-state index in [1.807, 2.05) is 42.5 Å². The van der Waals surface area contributed by atoms with Gasteiger partial charge in [-0.05, 0) is 45.3 Å². The number of rotatable bonds is 8. The van der Waals surface area contributed by atoms with Crippen LogP contribution in [-0.2, 0) is 26.2 Å². The van der Waals surface area contributed by atoms with Crippen LogP contribution in [-0.4, -0.2) is 25.1 Å². The molecule has 0 aliphatic carbocycles. The summed E-state index contributed by atoms with van der Waals surface area (Å²) < 4.78 is 14.9. The largest absolute Gasteiger partial charge is 0.287 e. The van der Waals surface area contributed by atoms with E-state index in [0.717, 1.165) is 28.5 Å². The van der Waals surface area contributed by atoms with E-state index in [2.05, 4.69) is 32.6 Å². The quantitative estimate of drug-likeness (QED) is 0.413. The molecule has 4 aromatic rings. The van der Waals surface area contributed by atoms with E-state index in [1.54, 1.807) is 16.8 Å². The van der Waals surface area contributed by atoms with Crippen molar-refractivity contribution in [2.45, 2.75) is 26.2 Å². The van der Waals surface area contributed by atoms with Crippen molar-refractivity contribution in [1.82, 2.24) is 25.1 Å². The molecule has 0 amide bonds. The molecule has 0 spiro atoms. The molecule has 152 valence electrons. The predicted molar refractivity (Wildman–Crippen MR) is 114 cm³/mol. The van der Waals surface area contributed by atoms with E-state index in [1.165, 1.54) is 17.7 Å². The van der Waals surface area contributed by atoms with Crippen molar-refractivity contribution in [2.24, 2.45) is 0 Å². The predicted octanol–water partition coefficient (Wildman–Crippen LogP) is 4.72. The molecule has 1 aromatic heterocycles. The average Bonchev–Trinajstić information content (AvgIpc) is 3.18. The first-order chi connectivity index (χ1) is 14.7. The van der Waals surface area contributed by atoms with Gasteiger partial charge < -0.3 is 0 Å². The zero-order valence-electron chi connectivity index (χ0n) is 16.3. The van der Waals surface area contributed by atoms with Crippen molar-refractivity contribution in [2.75, 3.05) is 0 Å². The van der Waals surface area contributed by atoms with Gasteiger partial charge in [0.1, 0.15) is 5.82 Å². The number of hydrogen-bond acceptors (Lipinski definition) is 4. The molecule has 0 aliphatic heterocycles. The maximum atomic E-state index is 13.2. The van der Waals surface area contributed by atoms with Crippen LogP contribution in [0.4, 0.5) is 4.39 Å². The van der Waals surface area contributed by atoms with Gasteiger partial charge in [-0.3, -0.25) is 4.90 Å². The van der Waals surface area contributed by atoms with Gasteiger partial charge in [-0.1, -0.05) is 72.3 Å². The Morgan fingerprint density at radius 2 is 1.53 bits per heavy atom. The second kappa shape index (κ2) is 9.61. The Balaban J connectivity index is 1.55. The van der Waals surface area contributed by atoms with Crippen LogP contribution >= 0.6 is 11.6 Å². The second-order valence-electron chi connectivity index (χ2n) is 7.10. The Morgan fingerprint density at radius 3 is 2.30 bits per heavy atom. The fourth-order valence-corrected chi connectivity index (χ4v) is 3.49. The molecule has 3 aromatic carbocycles. The molecule has 7 heteroatoms. The molecular formula is C23H21ClFN5. The molecule has 0 unspecified atom stereocenters. The monoisotopic (exact) mass is 421 g/mol. The van der Waals surface area contributed by atoms with Gasteiger partial charge in [0, 0.05) is 18.1 Å². The molecular weight excluding hydrogens is 401 g/mol. The number of aromatic nitrogens is 4. The van der Waals surface area contributed by atoms with Gasteiger partial charge in [0.15, 0.2) is 5.82 Å². The van der Waals surface area contributed by atoms with E-state index < -0.39 is 0 Å². The van der Waals surface area contributed by atoms with Gasteiger partial charge in [-0.15, -0.1) is 5.10 Å². The summed E-state index contributed by atoms with van der Waals surface area (Å²) in [6.07, 6.45) is 0. The van der Waals surface area contributed by atoms with Gasteiger partial charge in [0.2, 0.25) is 0 Å². The lowest BCUT2D eigenvalue weighted by Gasteiger charge is -2.22. The first-order valence-corrected chi connectivity index (χ1v) is 10.0. The Hall–Kier alpha value is -3.09. The Morgan fingerprint density at radius 1 is 0.800 bits per heavy atom. The number of tetrazole rings is 1. The van der Waals surface area contributed by atoms with Crippen molar-refractivity contribution in [1.29, 1.82) is 0 Å². The van der Waals surface area contributed by atoms with E-state index >= 15 is 0 Å². The summed E-state index contributed by atoms with van der Waals surface area (Å²) in [4.78, 5) is 2.25. The smallest absolute Gasteiger partial charge is 0.165 e. The maximum absolute atomic E-state index is 13.2. The van der Waals surface area contributed by atoms with Gasteiger partial charge in [0.05, 0.1) is 13.1 Å². The molecule has 0 atom stereocenters. The third-order valence-corrected chi connectivity index (χ3v) is 5.19. The molecule has 30 heavy (non-hydrogen) atoms. The van der Waals surface area contributed by atoms with Crippen LogP contribution in [0.25, 0.3) is 0 Å². The molecule has 1 heterocycles. The standard InChI is InChI=1S/C23H21ClFN5/c24-22-9-5-4-8-20(22)16-29(14-18-6-2-1-3-7-18)17-23-26-27-28-30(23)15-19-10-12-21(25)13-11-19/h1-13H,14-17H2. The fraction of sp³-hybridized carbons (Fsp3) is 0.174. The summed E-state index contributed by atoms with van der Waals surface area (Å²) in [6, 6.07) is 24.5. The van der Waals surface area contributed by atoms with E-state index in [0.29, 0.717) is 19.6 Å². The molecule has 0 radical (unpaired) electrons. The molecule has 0 saturated carbocycles. The van der Waals surface area contributed by atoms with Crippen LogP contribution in [0.2, 0.25) is 5.02 Å². The van der Waals surface area contributed by atoms with Gasteiger partial charge in [0.25, 0.3) is 0 Å². The number of halogens is 2. The highest BCUT2D eigenvalue weighted by atomic mass is 35.5. The topological polar surface area (TPSA) is 46.8 Å². The summed E-state index contributed by atoms with van der Waals surface area (Å²) in [7, 11) is 0. The average molecular weight is 422 g/mol. The molecule has 4 rings (SSSR count). The fourth-order valence-electron chi connectivity index (χ4n) is 3.30. The zero-order chi connectivity index (χ0) is 20.8. The number of benzene rings is 3. The van der Waals surface area contributed by atoms with Crippen LogP contribution in [0, 0.1) is 5.82 Å². The summed E-state index contributed by atoms with van der Waals surface area (Å²) in [5.41, 5.74) is 3.18. The van der Waals surface area contributed by atoms with E-state index in [9.17, 15) is 4.39 Å². The molecule has 5 nitrogen and oxygen atoms in total. The minimum absolute atomic E-state index is 0.260. The summed E-state index contributed by atoms with van der Waals surface area (Å²) in [5, 5.41) is 13.0. The van der Waals surface area contributed by atoms with Crippen molar-refractivity contribution in [3.8, 4) is 0 Å². The molecule has 0 aliphatic rings. The molecule has 0 bridgehead atoms. The molecule has 0 N–H and O–H groups in total. The first kappa shape index (κ1) is 20.2. The van der Waals surface area contributed by atoms with E-state index in [4.69, 9.17) is 11.6 Å². The van der Waals surface area contributed by atoms with E-state index in [-0.39, 0.29) is 5.82 Å². The third kappa shape index (κ3) is 5.28. The Labute approximate surface area is 179 Å². The normalized spacial score (nSPS) is 11.2. The van der Waals surface area contributed by atoms with Crippen LogP contribution in [0.1, 0.15) is 22.5 Å². The lowest BCUT2D eigenvalue weighted by atomic mass is 10.1. The first-order valence-electron chi connectivity index (χ1n) is 9.66. The summed E-state index contributed by atoms with van der Waals surface area (Å²) in [5.74, 6) is 0.478. The van der Waals surface area contributed by atoms with Crippen molar-refractivity contribution < 1.29 is 4.39 Å². The van der Waals surface area contributed by atoms with Crippen molar-refractivity contribution in [3.63, 3.8) is 0 Å². The van der Waals surface area contributed by atoms with Crippen LogP contribution < -0.4 is 0 Å². The van der Waals surface area contributed by atoms with Crippen LogP contribution in [0.3, 0.4) is 0 Å². The van der Waals surface area contributed by atoms with Crippen LogP contribution in [0.5, 0.6) is 0 Å².